The van der Waals surface area contributed by atoms with Crippen LogP contribution < -0.4 is 15.2 Å². The summed E-state index contributed by atoms with van der Waals surface area (Å²) in [4.78, 5) is 0. The predicted octanol–water partition coefficient (Wildman–Crippen LogP) is 3.06. The van der Waals surface area contributed by atoms with Gasteiger partial charge in [-0.1, -0.05) is 13.8 Å². The maximum Gasteiger partial charge on any atom is 0.127 e. The molecule has 0 saturated carbocycles. The van der Waals surface area contributed by atoms with Gasteiger partial charge in [-0.15, -0.1) is 0 Å². The van der Waals surface area contributed by atoms with Crippen molar-refractivity contribution in [3.8, 4) is 11.5 Å². The SMILES string of the molecule is COc1cc(C)cc(OC)c1[C@@H](N)CC(C)C. The van der Waals surface area contributed by atoms with Crippen molar-refractivity contribution in [2.75, 3.05) is 14.2 Å². The standard InChI is InChI=1S/C14H23NO2/c1-9(2)6-11(15)14-12(16-4)7-10(3)8-13(14)17-5/h7-9,11H,6,15H2,1-5H3/t11-/m0/s1. The van der Waals surface area contributed by atoms with Gasteiger partial charge >= 0.3 is 0 Å². The second-order valence-electron chi connectivity index (χ2n) is 4.82. The summed E-state index contributed by atoms with van der Waals surface area (Å²) in [5.74, 6) is 2.17. The molecule has 0 aliphatic rings. The lowest BCUT2D eigenvalue weighted by Crippen LogP contribution is -2.15. The molecule has 1 aromatic rings. The van der Waals surface area contributed by atoms with Crippen LogP contribution in [0.1, 0.15) is 37.4 Å². The molecule has 3 heteroatoms. The number of rotatable bonds is 5. The molecule has 0 aliphatic heterocycles. The Bertz CT molecular complexity index is 349. The van der Waals surface area contributed by atoms with Crippen LogP contribution >= 0.6 is 0 Å². The first-order valence-electron chi connectivity index (χ1n) is 5.97. The lowest BCUT2D eigenvalue weighted by molar-refractivity contribution is 0.371. The van der Waals surface area contributed by atoms with Crippen LogP contribution in [0.15, 0.2) is 12.1 Å². The van der Waals surface area contributed by atoms with Crippen molar-refractivity contribution in [3.63, 3.8) is 0 Å². The molecule has 0 heterocycles. The number of hydrogen-bond donors (Lipinski definition) is 1. The molecule has 1 atom stereocenters. The zero-order valence-electron chi connectivity index (χ0n) is 11.4. The van der Waals surface area contributed by atoms with E-state index in [-0.39, 0.29) is 6.04 Å². The first-order valence-corrected chi connectivity index (χ1v) is 5.97. The summed E-state index contributed by atoms with van der Waals surface area (Å²) < 4.78 is 10.8. The normalized spacial score (nSPS) is 12.6. The van der Waals surface area contributed by atoms with Crippen molar-refractivity contribution in [1.82, 2.24) is 0 Å². The van der Waals surface area contributed by atoms with Gasteiger partial charge in [-0.3, -0.25) is 0 Å². The number of methoxy groups -OCH3 is 2. The third-order valence-electron chi connectivity index (χ3n) is 2.78. The third kappa shape index (κ3) is 3.37. The average Bonchev–Trinajstić information content (AvgIpc) is 2.26. The van der Waals surface area contributed by atoms with Crippen molar-refractivity contribution in [1.29, 1.82) is 0 Å². The molecule has 0 aromatic heterocycles. The molecule has 0 fully saturated rings. The monoisotopic (exact) mass is 237 g/mol. The van der Waals surface area contributed by atoms with Crippen LogP contribution in [-0.4, -0.2) is 14.2 Å². The highest BCUT2D eigenvalue weighted by Crippen LogP contribution is 2.36. The number of aryl methyl sites for hydroxylation is 1. The van der Waals surface area contributed by atoms with Crippen molar-refractivity contribution < 1.29 is 9.47 Å². The number of nitrogens with two attached hydrogens (primary N) is 1. The minimum atomic E-state index is -0.0551. The van der Waals surface area contributed by atoms with Crippen LogP contribution in [0.25, 0.3) is 0 Å². The molecule has 17 heavy (non-hydrogen) atoms. The van der Waals surface area contributed by atoms with E-state index in [1.165, 1.54) is 0 Å². The summed E-state index contributed by atoms with van der Waals surface area (Å²) >= 11 is 0. The topological polar surface area (TPSA) is 44.5 Å². The van der Waals surface area contributed by atoms with Crippen LogP contribution in [-0.2, 0) is 0 Å². The van der Waals surface area contributed by atoms with Crippen molar-refractivity contribution in [2.45, 2.75) is 33.2 Å². The lowest BCUT2D eigenvalue weighted by Gasteiger charge is -2.21. The van der Waals surface area contributed by atoms with Crippen LogP contribution in [0, 0.1) is 12.8 Å². The summed E-state index contributed by atoms with van der Waals surface area (Å²) in [6.07, 6.45) is 0.912. The number of benzene rings is 1. The van der Waals surface area contributed by atoms with Gasteiger partial charge in [-0.2, -0.15) is 0 Å². The first kappa shape index (κ1) is 13.8. The van der Waals surface area contributed by atoms with Gasteiger partial charge in [0, 0.05) is 6.04 Å². The molecule has 96 valence electrons. The quantitative estimate of drug-likeness (QED) is 0.856. The maximum atomic E-state index is 6.24. The molecule has 1 aromatic carbocycles. The van der Waals surface area contributed by atoms with Crippen LogP contribution in [0.3, 0.4) is 0 Å². The Morgan fingerprint density at radius 3 is 1.94 bits per heavy atom. The molecule has 0 aliphatic carbocycles. The van der Waals surface area contributed by atoms with E-state index >= 15 is 0 Å². The largest absolute Gasteiger partial charge is 0.496 e. The molecule has 1 rings (SSSR count). The summed E-state index contributed by atoms with van der Waals surface area (Å²) in [7, 11) is 3.33. The summed E-state index contributed by atoms with van der Waals surface area (Å²) in [6, 6.07) is 3.94. The first-order chi connectivity index (χ1) is 7.99. The summed E-state index contributed by atoms with van der Waals surface area (Å²) in [5.41, 5.74) is 8.32. The van der Waals surface area contributed by atoms with Gasteiger partial charge in [0.15, 0.2) is 0 Å². The minimum absolute atomic E-state index is 0.0551. The lowest BCUT2D eigenvalue weighted by atomic mass is 9.95. The molecule has 0 unspecified atom stereocenters. The zero-order valence-corrected chi connectivity index (χ0v) is 11.4. The van der Waals surface area contributed by atoms with Crippen molar-refractivity contribution in [3.05, 3.63) is 23.3 Å². The number of ether oxygens (including phenoxy) is 2. The molecular weight excluding hydrogens is 214 g/mol. The molecule has 0 amide bonds. The molecule has 3 nitrogen and oxygen atoms in total. The molecule has 0 radical (unpaired) electrons. The Kier molecular flexibility index (Phi) is 4.82. The van der Waals surface area contributed by atoms with E-state index in [9.17, 15) is 0 Å². The zero-order chi connectivity index (χ0) is 13.0. The van der Waals surface area contributed by atoms with E-state index in [0.29, 0.717) is 5.92 Å². The summed E-state index contributed by atoms with van der Waals surface area (Å²) in [5, 5.41) is 0. The predicted molar refractivity (Wildman–Crippen MR) is 70.7 cm³/mol. The van der Waals surface area contributed by atoms with Gasteiger partial charge in [0.25, 0.3) is 0 Å². The fourth-order valence-corrected chi connectivity index (χ4v) is 2.06. The third-order valence-corrected chi connectivity index (χ3v) is 2.78. The highest BCUT2D eigenvalue weighted by atomic mass is 16.5. The second-order valence-corrected chi connectivity index (χ2v) is 4.82. The average molecular weight is 237 g/mol. The van der Waals surface area contributed by atoms with E-state index in [1.807, 2.05) is 19.1 Å². The highest BCUT2D eigenvalue weighted by Gasteiger charge is 2.19. The fraction of sp³-hybridized carbons (Fsp3) is 0.571. The minimum Gasteiger partial charge on any atom is -0.496 e. The Morgan fingerprint density at radius 1 is 1.12 bits per heavy atom. The second kappa shape index (κ2) is 5.92. The Morgan fingerprint density at radius 2 is 1.59 bits per heavy atom. The smallest absolute Gasteiger partial charge is 0.127 e. The van der Waals surface area contributed by atoms with Crippen LogP contribution in [0.4, 0.5) is 0 Å². The summed E-state index contributed by atoms with van der Waals surface area (Å²) in [6.45, 7) is 6.34. The maximum absolute atomic E-state index is 6.24. The van der Waals surface area contributed by atoms with Gasteiger partial charge in [0.1, 0.15) is 11.5 Å². The van der Waals surface area contributed by atoms with Crippen molar-refractivity contribution in [2.24, 2.45) is 11.7 Å². The molecule has 2 N–H and O–H groups in total. The van der Waals surface area contributed by atoms with Gasteiger partial charge < -0.3 is 15.2 Å². The van der Waals surface area contributed by atoms with Gasteiger partial charge in [-0.05, 0) is 37.0 Å². The molecular formula is C14H23NO2. The highest BCUT2D eigenvalue weighted by molar-refractivity contribution is 5.49. The Balaban J connectivity index is 3.18. The van der Waals surface area contributed by atoms with Gasteiger partial charge in [0.05, 0.1) is 19.8 Å². The molecule has 0 bridgehead atoms. The fourth-order valence-electron chi connectivity index (χ4n) is 2.06. The van der Waals surface area contributed by atoms with E-state index < -0.39 is 0 Å². The van der Waals surface area contributed by atoms with Crippen LogP contribution in [0.5, 0.6) is 11.5 Å². The van der Waals surface area contributed by atoms with E-state index in [2.05, 4.69) is 13.8 Å². The van der Waals surface area contributed by atoms with E-state index in [4.69, 9.17) is 15.2 Å². The van der Waals surface area contributed by atoms with Crippen LogP contribution in [0.2, 0.25) is 0 Å². The van der Waals surface area contributed by atoms with Gasteiger partial charge in [-0.25, -0.2) is 0 Å². The van der Waals surface area contributed by atoms with E-state index in [1.54, 1.807) is 14.2 Å². The molecule has 0 saturated heterocycles. The van der Waals surface area contributed by atoms with E-state index in [0.717, 1.165) is 29.0 Å². The number of hydrogen-bond acceptors (Lipinski definition) is 3. The van der Waals surface area contributed by atoms with Gasteiger partial charge in [0.2, 0.25) is 0 Å². The molecule has 0 spiro atoms. The Labute approximate surface area is 104 Å². The van der Waals surface area contributed by atoms with Crippen molar-refractivity contribution >= 4 is 0 Å². The Hall–Kier alpha value is -1.22.